The summed E-state index contributed by atoms with van der Waals surface area (Å²) in [5.74, 6) is -3.24. The van der Waals surface area contributed by atoms with Crippen LogP contribution in [0.5, 0.6) is 5.75 Å². The fraction of sp³-hybridized carbons (Fsp3) is 0.341. The van der Waals surface area contributed by atoms with E-state index in [4.69, 9.17) is 23.8 Å². The number of aliphatic hydroxyl groups excluding tert-OH is 1. The molecule has 4 N–H and O–H groups in total. The molecule has 63 heavy (non-hydrogen) atoms. The van der Waals surface area contributed by atoms with Gasteiger partial charge >= 0.3 is 24.1 Å². The monoisotopic (exact) mass is 889 g/mol. The molecule has 5 rings (SSSR count). The number of carboxylic acid groups (broad SMARTS) is 1. The lowest BCUT2D eigenvalue weighted by Crippen LogP contribution is -2.43. The second kappa shape index (κ2) is 20.8. The number of aliphatic carboxylic acids is 1. The summed E-state index contributed by atoms with van der Waals surface area (Å²) in [5.41, 5.74) is -0.468. The fourth-order valence-corrected chi connectivity index (χ4v) is 6.41. The van der Waals surface area contributed by atoms with Gasteiger partial charge in [0.05, 0.1) is 17.9 Å². The van der Waals surface area contributed by atoms with Crippen molar-refractivity contribution in [1.82, 2.24) is 15.0 Å². The van der Waals surface area contributed by atoms with Crippen LogP contribution in [0, 0.1) is 5.82 Å². The minimum atomic E-state index is -1.70. The molecule has 2 amide bonds. The topological polar surface area (TPSA) is 213 Å². The second-order valence-corrected chi connectivity index (χ2v) is 16.9. The molecule has 5 aromatic rings. The van der Waals surface area contributed by atoms with Crippen LogP contribution >= 0.6 is 11.3 Å². The third kappa shape index (κ3) is 14.4. The average Bonchev–Trinajstić information content (AvgIpc) is 3.81. The second-order valence-electron chi connectivity index (χ2n) is 16.0. The molecule has 334 valence electrons. The largest absolute Gasteiger partial charge is 0.489 e. The van der Waals surface area contributed by atoms with E-state index in [1.807, 2.05) is 12.1 Å². The number of nitrogens with zero attached hydrogens (tertiary/aromatic N) is 4. The number of halogens is 1. The summed E-state index contributed by atoms with van der Waals surface area (Å²) in [6.07, 6.45) is -1.79. The standard InChI is InChI=1S/C44H49FN6O11S/c1-43(2,3)60-41(56)46-21-30(52)24-51-23-29(22-50(51)7)32-19-18-31(20-33(32)45)58-25-35(39(55)59-37(27-14-10-8-11-15-27)28-16-12-9-13-17-28)62-49-36(38(53)54)34-26-63-40(47-34)48-42(57)61-44(4,5)6/h8-20,22-23,26,30,35,37,52H,21,24-25H2,1-7H3,(H2-,46,47,48,53,54,56,57)/p+1/b49-36-. The number of aliphatic hydroxyl groups is 1. The highest BCUT2D eigenvalue weighted by Gasteiger charge is 2.30. The Bertz CT molecular complexity index is 2350. The van der Waals surface area contributed by atoms with Crippen molar-refractivity contribution in [3.05, 3.63) is 119 Å². The van der Waals surface area contributed by atoms with Gasteiger partial charge in [-0.05, 0) is 64.8 Å². The van der Waals surface area contributed by atoms with Crippen LogP contribution in [0.15, 0.2) is 102 Å². The Morgan fingerprint density at radius 3 is 2.13 bits per heavy atom. The van der Waals surface area contributed by atoms with Crippen molar-refractivity contribution in [1.29, 1.82) is 0 Å². The van der Waals surface area contributed by atoms with Gasteiger partial charge in [-0.1, -0.05) is 65.8 Å². The minimum Gasteiger partial charge on any atom is -0.489 e. The summed E-state index contributed by atoms with van der Waals surface area (Å²) in [4.78, 5) is 60.4. The molecule has 3 aromatic carbocycles. The number of carbonyl (C=O) groups is 4. The molecular formula is C44H50FN6O11S+. The van der Waals surface area contributed by atoms with E-state index < -0.39 is 71.8 Å². The number of esters is 1. The van der Waals surface area contributed by atoms with Gasteiger partial charge in [-0.3, -0.25) is 5.32 Å². The van der Waals surface area contributed by atoms with Gasteiger partial charge in [0.15, 0.2) is 18.3 Å². The van der Waals surface area contributed by atoms with E-state index in [-0.39, 0.29) is 35.2 Å². The van der Waals surface area contributed by atoms with Gasteiger partial charge in [-0.15, -0.1) is 16.0 Å². The summed E-state index contributed by atoms with van der Waals surface area (Å²) < 4.78 is 41.3. The number of carboxylic acids is 1. The number of carbonyl (C=O) groups excluding carboxylic acids is 3. The van der Waals surface area contributed by atoms with Gasteiger partial charge in [0.2, 0.25) is 11.9 Å². The number of alkyl carbamates (subject to hydrolysis) is 1. The molecule has 0 saturated heterocycles. The zero-order chi connectivity index (χ0) is 45.9. The van der Waals surface area contributed by atoms with Crippen LogP contribution in [0.3, 0.4) is 0 Å². The number of aryl methyl sites for hydroxylation is 1. The molecule has 2 atom stereocenters. The first-order valence-electron chi connectivity index (χ1n) is 19.6. The molecular weight excluding hydrogens is 840 g/mol. The highest BCUT2D eigenvalue weighted by Crippen LogP contribution is 2.29. The summed E-state index contributed by atoms with van der Waals surface area (Å²) in [6.45, 7) is 9.60. The van der Waals surface area contributed by atoms with Gasteiger partial charge in [-0.25, -0.2) is 28.6 Å². The maximum absolute atomic E-state index is 15.7. The lowest BCUT2D eigenvalue weighted by atomic mass is 10.0. The zero-order valence-corrected chi connectivity index (χ0v) is 36.6. The summed E-state index contributed by atoms with van der Waals surface area (Å²) in [6, 6.07) is 21.9. The van der Waals surface area contributed by atoms with Crippen LogP contribution < -0.4 is 20.1 Å². The van der Waals surface area contributed by atoms with Crippen LogP contribution in [0.2, 0.25) is 0 Å². The summed E-state index contributed by atoms with van der Waals surface area (Å²) >= 11 is 0.904. The number of nitrogens with one attached hydrogen (secondary N) is 2. The number of ether oxygens (including phenoxy) is 4. The molecule has 0 bridgehead atoms. The number of amides is 2. The minimum absolute atomic E-state index is 0.00689. The van der Waals surface area contributed by atoms with E-state index in [1.54, 1.807) is 119 Å². The van der Waals surface area contributed by atoms with Crippen molar-refractivity contribution < 1.29 is 62.2 Å². The van der Waals surface area contributed by atoms with Gasteiger partial charge < -0.3 is 39.3 Å². The van der Waals surface area contributed by atoms with E-state index in [0.717, 1.165) is 17.4 Å². The van der Waals surface area contributed by atoms with Crippen LogP contribution in [0.25, 0.3) is 11.1 Å². The van der Waals surface area contributed by atoms with E-state index in [0.29, 0.717) is 16.7 Å². The first-order valence-corrected chi connectivity index (χ1v) is 20.5. The first kappa shape index (κ1) is 47.2. The number of benzene rings is 3. The molecule has 0 radical (unpaired) electrons. The maximum atomic E-state index is 15.7. The van der Waals surface area contributed by atoms with Crippen molar-refractivity contribution in [2.24, 2.45) is 12.2 Å². The predicted octanol–water partition coefficient (Wildman–Crippen LogP) is 6.39. The normalized spacial score (nSPS) is 12.8. The van der Waals surface area contributed by atoms with Gasteiger partial charge in [-0.2, -0.15) is 4.68 Å². The quantitative estimate of drug-likeness (QED) is 0.0263. The van der Waals surface area contributed by atoms with E-state index in [2.05, 4.69) is 20.8 Å². The third-order valence-corrected chi connectivity index (χ3v) is 9.24. The molecule has 0 aliphatic heterocycles. The van der Waals surface area contributed by atoms with Crippen LogP contribution in [-0.2, 0) is 42.2 Å². The van der Waals surface area contributed by atoms with Gasteiger partial charge in [0.1, 0.15) is 41.6 Å². The Labute approximate surface area is 367 Å². The van der Waals surface area contributed by atoms with Crippen molar-refractivity contribution >= 4 is 46.3 Å². The Kier molecular flexibility index (Phi) is 15.6. The number of hydrogen-bond acceptors (Lipinski definition) is 13. The van der Waals surface area contributed by atoms with E-state index in [1.165, 1.54) is 17.5 Å². The number of anilines is 1. The van der Waals surface area contributed by atoms with Crippen molar-refractivity contribution in [2.45, 2.75) is 77.6 Å². The fourth-order valence-electron chi connectivity index (χ4n) is 5.73. The highest BCUT2D eigenvalue weighted by atomic mass is 32.1. The third-order valence-electron chi connectivity index (χ3n) is 8.48. The number of hydrogen-bond donors (Lipinski definition) is 4. The number of rotatable bonds is 17. The van der Waals surface area contributed by atoms with Gasteiger partial charge in [0.25, 0.3) is 6.10 Å². The molecule has 17 nitrogen and oxygen atoms in total. The van der Waals surface area contributed by atoms with Crippen LogP contribution in [0.4, 0.5) is 19.1 Å². The number of oxime groups is 1. The lowest BCUT2D eigenvalue weighted by Gasteiger charge is -2.22. The molecule has 19 heteroatoms. The molecule has 2 aromatic heterocycles. The number of thiazole rings is 1. The molecule has 0 aliphatic carbocycles. The Morgan fingerprint density at radius 2 is 1.54 bits per heavy atom. The molecule has 2 heterocycles. The van der Waals surface area contributed by atoms with Crippen LogP contribution in [-0.4, -0.2) is 86.3 Å². The number of aromatic nitrogens is 3. The molecule has 0 saturated carbocycles. The molecule has 2 unspecified atom stereocenters. The molecule has 0 aliphatic rings. The van der Waals surface area contributed by atoms with Crippen molar-refractivity contribution in [3.8, 4) is 16.9 Å². The van der Waals surface area contributed by atoms with Crippen LogP contribution in [0.1, 0.15) is 64.5 Å². The summed E-state index contributed by atoms with van der Waals surface area (Å²) in [5, 5.41) is 30.7. The highest BCUT2D eigenvalue weighted by molar-refractivity contribution is 7.14. The molecule has 0 fully saturated rings. The first-order chi connectivity index (χ1) is 29.7. The Balaban J connectivity index is 1.35. The summed E-state index contributed by atoms with van der Waals surface area (Å²) in [7, 11) is 1.71. The van der Waals surface area contributed by atoms with Crippen molar-refractivity contribution in [3.63, 3.8) is 0 Å². The lowest BCUT2D eigenvalue weighted by molar-refractivity contribution is -0.754. The van der Waals surface area contributed by atoms with E-state index in [9.17, 15) is 29.4 Å². The Hall–Kier alpha value is -6.86. The predicted molar refractivity (Wildman–Crippen MR) is 229 cm³/mol. The SMILES string of the molecule is C[n+]1cc(-c2ccc(OCC(O/N=C(\C(=O)O)c3csc(NC(=O)OC(C)(C)C)n3)C(=O)OC(c3ccccc3)c3ccccc3)cc2F)cn1CC(O)CNC(=O)OC(C)(C)C. The van der Waals surface area contributed by atoms with Gasteiger partial charge in [0, 0.05) is 23.6 Å². The Morgan fingerprint density at radius 1 is 0.921 bits per heavy atom. The molecule has 0 spiro atoms. The average molecular weight is 890 g/mol. The maximum Gasteiger partial charge on any atom is 0.413 e. The van der Waals surface area contributed by atoms with E-state index >= 15 is 4.39 Å². The van der Waals surface area contributed by atoms with Crippen molar-refractivity contribution in [2.75, 3.05) is 18.5 Å². The smallest absolute Gasteiger partial charge is 0.413 e. The zero-order valence-electron chi connectivity index (χ0n) is 35.7.